The van der Waals surface area contributed by atoms with E-state index in [0.29, 0.717) is 13.0 Å². The SMILES string of the molecule is CNC(=O)CCOC(C)C. The zero-order valence-corrected chi connectivity index (χ0v) is 6.81. The molecule has 0 aliphatic heterocycles. The minimum absolute atomic E-state index is 0.0284. The normalized spacial score (nSPS) is 10.0. The summed E-state index contributed by atoms with van der Waals surface area (Å²) >= 11 is 0. The van der Waals surface area contributed by atoms with Crippen molar-refractivity contribution < 1.29 is 9.53 Å². The Kier molecular flexibility index (Phi) is 4.94. The minimum atomic E-state index is 0.0284. The first-order valence-corrected chi connectivity index (χ1v) is 3.49. The van der Waals surface area contributed by atoms with E-state index in [4.69, 9.17) is 4.74 Å². The first-order valence-electron chi connectivity index (χ1n) is 3.49. The van der Waals surface area contributed by atoms with Gasteiger partial charge in [0.15, 0.2) is 0 Å². The summed E-state index contributed by atoms with van der Waals surface area (Å²) in [4.78, 5) is 10.6. The minimum Gasteiger partial charge on any atom is -0.378 e. The van der Waals surface area contributed by atoms with E-state index in [-0.39, 0.29) is 12.0 Å². The van der Waals surface area contributed by atoms with Gasteiger partial charge >= 0.3 is 0 Å². The number of hydrogen-bond donors (Lipinski definition) is 1. The highest BCUT2D eigenvalue weighted by Gasteiger charge is 1.97. The van der Waals surface area contributed by atoms with Crippen LogP contribution in [0.25, 0.3) is 0 Å². The molecule has 0 saturated heterocycles. The standard InChI is InChI=1S/C7H15NO2/c1-6(2)10-5-4-7(9)8-3/h6H,4-5H2,1-3H3,(H,8,9). The first-order chi connectivity index (χ1) is 4.66. The maximum Gasteiger partial charge on any atom is 0.222 e. The van der Waals surface area contributed by atoms with Gasteiger partial charge in [-0.25, -0.2) is 0 Å². The third kappa shape index (κ3) is 5.56. The second kappa shape index (κ2) is 5.23. The topological polar surface area (TPSA) is 38.3 Å². The molecule has 0 rings (SSSR count). The lowest BCUT2D eigenvalue weighted by molar-refractivity contribution is -0.121. The van der Waals surface area contributed by atoms with Crippen molar-refractivity contribution in [2.45, 2.75) is 26.4 Å². The maximum atomic E-state index is 10.6. The lowest BCUT2D eigenvalue weighted by Gasteiger charge is -2.05. The number of ether oxygens (including phenoxy) is 1. The third-order valence-electron chi connectivity index (χ3n) is 1.06. The Morgan fingerprint density at radius 3 is 2.60 bits per heavy atom. The van der Waals surface area contributed by atoms with E-state index in [1.807, 2.05) is 13.8 Å². The Morgan fingerprint density at radius 2 is 2.20 bits per heavy atom. The van der Waals surface area contributed by atoms with Crippen LogP contribution in [0.2, 0.25) is 0 Å². The number of hydrogen-bond acceptors (Lipinski definition) is 2. The average molecular weight is 145 g/mol. The molecule has 0 bridgehead atoms. The van der Waals surface area contributed by atoms with Gasteiger partial charge in [0, 0.05) is 13.5 Å². The summed E-state index contributed by atoms with van der Waals surface area (Å²) in [5, 5.41) is 2.52. The molecule has 0 unspecified atom stereocenters. The molecular formula is C7H15NO2. The van der Waals surface area contributed by atoms with Gasteiger partial charge in [-0.3, -0.25) is 4.79 Å². The molecule has 0 aromatic heterocycles. The average Bonchev–Trinajstić information content (AvgIpc) is 1.87. The largest absolute Gasteiger partial charge is 0.378 e. The molecule has 0 spiro atoms. The third-order valence-corrected chi connectivity index (χ3v) is 1.06. The molecule has 1 amide bonds. The van der Waals surface area contributed by atoms with Gasteiger partial charge in [-0.1, -0.05) is 0 Å². The zero-order chi connectivity index (χ0) is 7.98. The predicted octanol–water partition coefficient (Wildman–Crippen LogP) is 0.547. The molecular weight excluding hydrogens is 130 g/mol. The molecule has 0 aliphatic rings. The lowest BCUT2D eigenvalue weighted by Crippen LogP contribution is -2.20. The van der Waals surface area contributed by atoms with Crippen molar-refractivity contribution in [1.29, 1.82) is 0 Å². The van der Waals surface area contributed by atoms with E-state index in [2.05, 4.69) is 5.32 Å². The monoisotopic (exact) mass is 145 g/mol. The van der Waals surface area contributed by atoms with Gasteiger partial charge in [-0.2, -0.15) is 0 Å². The van der Waals surface area contributed by atoms with Crippen LogP contribution in [0.15, 0.2) is 0 Å². The highest BCUT2D eigenvalue weighted by atomic mass is 16.5. The fourth-order valence-electron chi connectivity index (χ4n) is 0.512. The Bertz CT molecular complexity index is 102. The fraction of sp³-hybridized carbons (Fsp3) is 0.857. The molecule has 0 heterocycles. The van der Waals surface area contributed by atoms with Crippen molar-refractivity contribution >= 4 is 5.91 Å². The molecule has 60 valence electrons. The first kappa shape index (κ1) is 9.43. The number of carbonyl (C=O) groups excluding carboxylic acids is 1. The van der Waals surface area contributed by atoms with Crippen LogP contribution in [-0.2, 0) is 9.53 Å². The van der Waals surface area contributed by atoms with Crippen molar-refractivity contribution in [3.8, 4) is 0 Å². The van der Waals surface area contributed by atoms with E-state index >= 15 is 0 Å². The number of amides is 1. The predicted molar refractivity (Wildman–Crippen MR) is 39.8 cm³/mol. The van der Waals surface area contributed by atoms with Crippen LogP contribution in [0.1, 0.15) is 20.3 Å². The van der Waals surface area contributed by atoms with E-state index < -0.39 is 0 Å². The Balaban J connectivity index is 3.12. The molecule has 0 aromatic carbocycles. The summed E-state index contributed by atoms with van der Waals surface area (Å²) in [7, 11) is 1.62. The molecule has 0 fully saturated rings. The molecule has 3 heteroatoms. The van der Waals surface area contributed by atoms with Crippen LogP contribution in [0.4, 0.5) is 0 Å². The summed E-state index contributed by atoms with van der Waals surface area (Å²) in [5.41, 5.74) is 0. The molecule has 0 aromatic rings. The second-order valence-corrected chi connectivity index (χ2v) is 2.34. The highest BCUT2D eigenvalue weighted by Crippen LogP contribution is 1.89. The van der Waals surface area contributed by atoms with Gasteiger partial charge in [0.05, 0.1) is 12.7 Å². The van der Waals surface area contributed by atoms with Crippen molar-refractivity contribution in [2.24, 2.45) is 0 Å². The van der Waals surface area contributed by atoms with Crippen LogP contribution in [0.3, 0.4) is 0 Å². The van der Waals surface area contributed by atoms with Crippen molar-refractivity contribution in [3.63, 3.8) is 0 Å². The van der Waals surface area contributed by atoms with E-state index in [0.717, 1.165) is 0 Å². The van der Waals surface area contributed by atoms with Gasteiger partial charge in [0.2, 0.25) is 5.91 Å². The van der Waals surface area contributed by atoms with Crippen LogP contribution < -0.4 is 5.32 Å². The maximum absolute atomic E-state index is 10.6. The highest BCUT2D eigenvalue weighted by molar-refractivity contribution is 5.75. The zero-order valence-electron chi connectivity index (χ0n) is 6.81. The fourth-order valence-corrected chi connectivity index (χ4v) is 0.512. The van der Waals surface area contributed by atoms with Crippen molar-refractivity contribution in [2.75, 3.05) is 13.7 Å². The van der Waals surface area contributed by atoms with Crippen LogP contribution >= 0.6 is 0 Å². The lowest BCUT2D eigenvalue weighted by atomic mass is 10.4. The summed E-state index contributed by atoms with van der Waals surface area (Å²) in [6.07, 6.45) is 0.666. The smallest absolute Gasteiger partial charge is 0.222 e. The Hall–Kier alpha value is -0.570. The van der Waals surface area contributed by atoms with Gasteiger partial charge in [0.1, 0.15) is 0 Å². The molecule has 10 heavy (non-hydrogen) atoms. The number of nitrogens with one attached hydrogen (secondary N) is 1. The summed E-state index contributed by atoms with van der Waals surface area (Å²) in [6, 6.07) is 0. The Labute approximate surface area is 61.8 Å². The van der Waals surface area contributed by atoms with E-state index in [1.54, 1.807) is 7.05 Å². The van der Waals surface area contributed by atoms with Gasteiger partial charge in [0.25, 0.3) is 0 Å². The quantitative estimate of drug-likeness (QED) is 0.627. The van der Waals surface area contributed by atoms with E-state index in [9.17, 15) is 4.79 Å². The Morgan fingerprint density at radius 1 is 1.60 bits per heavy atom. The molecule has 0 saturated carbocycles. The second-order valence-electron chi connectivity index (χ2n) is 2.34. The van der Waals surface area contributed by atoms with Gasteiger partial charge in [-0.05, 0) is 13.8 Å². The van der Waals surface area contributed by atoms with Gasteiger partial charge < -0.3 is 10.1 Å². The molecule has 0 radical (unpaired) electrons. The molecule has 0 aliphatic carbocycles. The molecule has 1 N–H and O–H groups in total. The molecule has 3 nitrogen and oxygen atoms in total. The summed E-state index contributed by atoms with van der Waals surface area (Å²) in [5.74, 6) is 0.0284. The number of rotatable bonds is 4. The van der Waals surface area contributed by atoms with Crippen LogP contribution in [0, 0.1) is 0 Å². The van der Waals surface area contributed by atoms with Crippen LogP contribution in [-0.4, -0.2) is 25.7 Å². The van der Waals surface area contributed by atoms with Crippen molar-refractivity contribution in [3.05, 3.63) is 0 Å². The van der Waals surface area contributed by atoms with E-state index in [1.165, 1.54) is 0 Å². The molecule has 0 atom stereocenters. The van der Waals surface area contributed by atoms with Gasteiger partial charge in [-0.15, -0.1) is 0 Å². The summed E-state index contributed by atoms with van der Waals surface area (Å²) < 4.78 is 5.15. The van der Waals surface area contributed by atoms with Crippen LogP contribution in [0.5, 0.6) is 0 Å². The number of carbonyl (C=O) groups is 1. The van der Waals surface area contributed by atoms with Crippen molar-refractivity contribution in [1.82, 2.24) is 5.32 Å². The summed E-state index contributed by atoms with van der Waals surface area (Å²) in [6.45, 7) is 4.41.